The van der Waals surface area contributed by atoms with Crippen LogP contribution in [0.15, 0.2) is 71.3 Å². The Labute approximate surface area is 161 Å². The van der Waals surface area contributed by atoms with Gasteiger partial charge in [-0.25, -0.2) is 4.79 Å². The zero-order valence-corrected chi connectivity index (χ0v) is 15.1. The molecule has 0 fully saturated rings. The number of urea groups is 1. The maximum Gasteiger partial charge on any atom is 0.323 e. The maximum atomic E-state index is 12.2. The summed E-state index contributed by atoms with van der Waals surface area (Å²) in [5.74, 6) is 0.954. The van der Waals surface area contributed by atoms with Crippen LogP contribution in [0.25, 0.3) is 22.0 Å². The number of hydrogen-bond donors (Lipinski definition) is 3. The van der Waals surface area contributed by atoms with E-state index in [1.165, 1.54) is 0 Å². The molecule has 0 spiro atoms. The van der Waals surface area contributed by atoms with E-state index in [9.17, 15) is 4.79 Å². The molecule has 4 rings (SSSR count). The summed E-state index contributed by atoms with van der Waals surface area (Å²) in [6.07, 6.45) is 0. The molecule has 1 aromatic heterocycles. The van der Waals surface area contributed by atoms with Crippen LogP contribution < -0.4 is 21.1 Å². The number of nitrogens with two attached hydrogens (primary N) is 1. The number of fused-ring (bicyclic) bond motifs is 1. The van der Waals surface area contributed by atoms with Crippen molar-refractivity contribution < 1.29 is 14.1 Å². The Balaban J connectivity index is 1.50. The zero-order chi connectivity index (χ0) is 19.5. The van der Waals surface area contributed by atoms with Gasteiger partial charge in [-0.1, -0.05) is 35.5 Å². The van der Waals surface area contributed by atoms with Gasteiger partial charge < -0.3 is 25.6 Å². The Morgan fingerprint density at radius 1 is 1.00 bits per heavy atom. The molecule has 1 heterocycles. The number of nitrogens with zero attached hydrogens (tertiary/aromatic N) is 1. The number of hydrogen-bond acceptors (Lipinski definition) is 5. The SMILES string of the molecule is COc1cccc(NC(=O)Nc2ccc(-c3cccc4noc(N)c34)cc2)c1. The molecule has 0 radical (unpaired) electrons. The molecular weight excluding hydrogens is 356 g/mol. The summed E-state index contributed by atoms with van der Waals surface area (Å²) in [7, 11) is 1.58. The van der Waals surface area contributed by atoms with E-state index in [1.807, 2.05) is 48.5 Å². The molecule has 140 valence electrons. The molecule has 0 aliphatic rings. The first kappa shape index (κ1) is 17.4. The number of benzene rings is 3. The molecule has 0 aliphatic heterocycles. The van der Waals surface area contributed by atoms with Gasteiger partial charge in [0.1, 0.15) is 11.3 Å². The predicted molar refractivity (Wildman–Crippen MR) is 109 cm³/mol. The van der Waals surface area contributed by atoms with Crippen LogP contribution in [0.4, 0.5) is 22.1 Å². The number of methoxy groups -OCH3 is 1. The average molecular weight is 374 g/mol. The third kappa shape index (κ3) is 3.45. The summed E-state index contributed by atoms with van der Waals surface area (Å²) in [6.45, 7) is 0. The Bertz CT molecular complexity index is 1140. The fourth-order valence-electron chi connectivity index (χ4n) is 2.99. The van der Waals surface area contributed by atoms with Crippen molar-refractivity contribution in [3.05, 3.63) is 66.7 Å². The minimum Gasteiger partial charge on any atom is -0.497 e. The number of carbonyl (C=O) groups excluding carboxylic acids is 1. The van der Waals surface area contributed by atoms with E-state index >= 15 is 0 Å². The van der Waals surface area contributed by atoms with Gasteiger partial charge in [-0.15, -0.1) is 0 Å². The van der Waals surface area contributed by atoms with Crippen molar-refractivity contribution in [1.29, 1.82) is 0 Å². The number of anilines is 3. The molecule has 3 aromatic carbocycles. The van der Waals surface area contributed by atoms with Gasteiger partial charge in [0, 0.05) is 17.4 Å². The standard InChI is InChI=1S/C21H18N4O3/c1-27-16-5-2-4-15(12-16)24-21(26)23-14-10-8-13(9-11-14)17-6-3-7-18-19(17)20(22)28-25-18/h2-12H,22H2,1H3,(H2,23,24,26). The number of nitrogen functional groups attached to an aromatic ring is 1. The van der Waals surface area contributed by atoms with E-state index in [0.29, 0.717) is 22.6 Å². The van der Waals surface area contributed by atoms with Crippen LogP contribution in [-0.4, -0.2) is 18.3 Å². The summed E-state index contributed by atoms with van der Waals surface area (Å²) >= 11 is 0. The lowest BCUT2D eigenvalue weighted by Crippen LogP contribution is -2.19. The summed E-state index contributed by atoms with van der Waals surface area (Å²) in [5, 5.41) is 10.3. The first-order valence-electron chi connectivity index (χ1n) is 8.60. The topological polar surface area (TPSA) is 102 Å². The highest BCUT2D eigenvalue weighted by molar-refractivity contribution is 6.02. The van der Waals surface area contributed by atoms with Crippen LogP contribution in [0.2, 0.25) is 0 Å². The van der Waals surface area contributed by atoms with Gasteiger partial charge in [-0.05, 0) is 41.5 Å². The number of amides is 2. The van der Waals surface area contributed by atoms with E-state index in [0.717, 1.165) is 16.5 Å². The highest BCUT2D eigenvalue weighted by Crippen LogP contribution is 2.32. The quantitative estimate of drug-likeness (QED) is 0.479. The zero-order valence-electron chi connectivity index (χ0n) is 15.1. The minimum atomic E-state index is -0.341. The second-order valence-electron chi connectivity index (χ2n) is 6.13. The molecule has 4 aromatic rings. The third-order valence-corrected chi connectivity index (χ3v) is 4.31. The number of nitrogens with one attached hydrogen (secondary N) is 2. The van der Waals surface area contributed by atoms with E-state index in [4.69, 9.17) is 15.0 Å². The number of carbonyl (C=O) groups is 1. The van der Waals surface area contributed by atoms with Crippen molar-refractivity contribution in [2.75, 3.05) is 23.5 Å². The average Bonchev–Trinajstić information content (AvgIpc) is 3.10. The molecule has 4 N–H and O–H groups in total. The van der Waals surface area contributed by atoms with Crippen molar-refractivity contribution in [3.63, 3.8) is 0 Å². The van der Waals surface area contributed by atoms with Crippen molar-refractivity contribution >= 4 is 34.2 Å². The summed E-state index contributed by atoms with van der Waals surface area (Å²) in [4.78, 5) is 12.2. The van der Waals surface area contributed by atoms with Gasteiger partial charge in [0.2, 0.25) is 5.88 Å². The maximum absolute atomic E-state index is 12.2. The largest absolute Gasteiger partial charge is 0.497 e. The molecule has 7 heteroatoms. The van der Waals surface area contributed by atoms with Crippen molar-refractivity contribution in [2.24, 2.45) is 0 Å². The molecule has 0 bridgehead atoms. The molecule has 2 amide bonds. The first-order valence-corrected chi connectivity index (χ1v) is 8.60. The Hall–Kier alpha value is -4.00. The highest BCUT2D eigenvalue weighted by Gasteiger charge is 2.11. The second-order valence-corrected chi connectivity index (χ2v) is 6.13. The van der Waals surface area contributed by atoms with E-state index in [-0.39, 0.29) is 11.9 Å². The van der Waals surface area contributed by atoms with Crippen LogP contribution in [-0.2, 0) is 0 Å². The Morgan fingerprint density at radius 3 is 2.54 bits per heavy atom. The first-order chi connectivity index (χ1) is 13.6. The number of ether oxygens (including phenoxy) is 1. The van der Waals surface area contributed by atoms with E-state index < -0.39 is 0 Å². The Kier molecular flexibility index (Phi) is 4.55. The lowest BCUT2D eigenvalue weighted by molar-refractivity contribution is 0.262. The van der Waals surface area contributed by atoms with Gasteiger partial charge in [0.25, 0.3) is 0 Å². The molecule has 7 nitrogen and oxygen atoms in total. The van der Waals surface area contributed by atoms with Crippen molar-refractivity contribution in [2.45, 2.75) is 0 Å². The molecule has 0 atom stereocenters. The lowest BCUT2D eigenvalue weighted by Gasteiger charge is -2.10. The van der Waals surface area contributed by atoms with Crippen LogP contribution >= 0.6 is 0 Å². The van der Waals surface area contributed by atoms with Crippen molar-refractivity contribution in [1.82, 2.24) is 5.16 Å². The molecular formula is C21H18N4O3. The summed E-state index contributed by atoms with van der Waals surface area (Å²) in [5.41, 5.74) is 9.77. The molecule has 28 heavy (non-hydrogen) atoms. The van der Waals surface area contributed by atoms with Gasteiger partial charge in [0.15, 0.2) is 0 Å². The molecule has 0 aliphatic carbocycles. The van der Waals surface area contributed by atoms with Crippen LogP contribution in [0.3, 0.4) is 0 Å². The monoisotopic (exact) mass is 374 g/mol. The van der Waals surface area contributed by atoms with Gasteiger partial charge >= 0.3 is 6.03 Å². The van der Waals surface area contributed by atoms with Crippen LogP contribution in [0.1, 0.15) is 0 Å². The smallest absolute Gasteiger partial charge is 0.323 e. The van der Waals surface area contributed by atoms with Crippen LogP contribution in [0.5, 0.6) is 5.75 Å². The number of aromatic nitrogens is 1. The fourth-order valence-corrected chi connectivity index (χ4v) is 2.99. The van der Waals surface area contributed by atoms with E-state index in [2.05, 4.69) is 15.8 Å². The van der Waals surface area contributed by atoms with Crippen LogP contribution in [0, 0.1) is 0 Å². The van der Waals surface area contributed by atoms with Gasteiger partial charge in [-0.3, -0.25) is 0 Å². The van der Waals surface area contributed by atoms with Gasteiger partial charge in [0.05, 0.1) is 12.5 Å². The Morgan fingerprint density at radius 2 is 1.75 bits per heavy atom. The van der Waals surface area contributed by atoms with Gasteiger partial charge in [-0.2, -0.15) is 0 Å². The summed E-state index contributed by atoms with van der Waals surface area (Å²) < 4.78 is 10.2. The molecule has 0 saturated heterocycles. The van der Waals surface area contributed by atoms with E-state index in [1.54, 1.807) is 25.3 Å². The summed E-state index contributed by atoms with van der Waals surface area (Å²) in [6, 6.07) is 20.0. The molecule has 0 saturated carbocycles. The normalized spacial score (nSPS) is 10.6. The number of rotatable bonds is 4. The van der Waals surface area contributed by atoms with Crippen molar-refractivity contribution in [3.8, 4) is 16.9 Å². The minimum absolute atomic E-state index is 0.283. The fraction of sp³-hybridized carbons (Fsp3) is 0.0476. The third-order valence-electron chi connectivity index (χ3n) is 4.31. The predicted octanol–water partition coefficient (Wildman–Crippen LogP) is 4.73. The molecule has 0 unspecified atom stereocenters. The lowest BCUT2D eigenvalue weighted by atomic mass is 10.0. The highest BCUT2D eigenvalue weighted by atomic mass is 16.5. The second kappa shape index (κ2) is 7.32.